The maximum Gasteiger partial charge on any atom is 0.160 e. The van der Waals surface area contributed by atoms with Gasteiger partial charge in [-0.15, -0.1) is 11.6 Å². The van der Waals surface area contributed by atoms with Crippen molar-refractivity contribution in [2.24, 2.45) is 7.05 Å². The van der Waals surface area contributed by atoms with E-state index in [1.54, 1.807) is 11.0 Å². The Labute approximate surface area is 127 Å². The van der Waals surface area contributed by atoms with Crippen LogP contribution in [0.15, 0.2) is 18.5 Å². The van der Waals surface area contributed by atoms with Crippen molar-refractivity contribution in [1.82, 2.24) is 29.3 Å². The molecule has 0 aliphatic heterocycles. The Morgan fingerprint density at radius 1 is 1.29 bits per heavy atom. The van der Waals surface area contributed by atoms with E-state index in [0.717, 1.165) is 34.9 Å². The molecule has 110 valence electrons. The van der Waals surface area contributed by atoms with Crippen LogP contribution in [0.1, 0.15) is 29.6 Å². The highest BCUT2D eigenvalue weighted by Crippen LogP contribution is 2.24. The molecule has 0 radical (unpaired) electrons. The second kappa shape index (κ2) is 5.44. The third-order valence-corrected chi connectivity index (χ3v) is 3.52. The van der Waals surface area contributed by atoms with Crippen molar-refractivity contribution in [2.75, 3.05) is 0 Å². The molecule has 6 nitrogen and oxygen atoms in total. The molecule has 0 fully saturated rings. The average molecular weight is 305 g/mol. The number of rotatable bonds is 4. The second-order valence-corrected chi connectivity index (χ2v) is 5.77. The maximum atomic E-state index is 6.26. The molecule has 1 atom stereocenters. The number of aryl methyl sites for hydroxylation is 4. The lowest BCUT2D eigenvalue weighted by Gasteiger charge is -2.08. The zero-order chi connectivity index (χ0) is 15.0. The molecular weight excluding hydrogens is 288 g/mol. The summed E-state index contributed by atoms with van der Waals surface area (Å²) >= 11 is 6.26. The molecule has 0 aliphatic carbocycles. The van der Waals surface area contributed by atoms with Crippen molar-refractivity contribution in [3.8, 4) is 0 Å². The highest BCUT2D eigenvalue weighted by atomic mass is 35.5. The third kappa shape index (κ3) is 2.76. The lowest BCUT2D eigenvalue weighted by molar-refractivity contribution is 0.637. The Hall–Kier alpha value is -1.95. The van der Waals surface area contributed by atoms with Gasteiger partial charge in [-0.25, -0.2) is 15.0 Å². The topological polar surface area (TPSA) is 61.4 Å². The Morgan fingerprint density at radius 2 is 2.10 bits per heavy atom. The van der Waals surface area contributed by atoms with Crippen LogP contribution < -0.4 is 0 Å². The molecule has 7 heteroatoms. The predicted molar refractivity (Wildman–Crippen MR) is 81.2 cm³/mol. The van der Waals surface area contributed by atoms with Gasteiger partial charge in [0.15, 0.2) is 11.5 Å². The minimum atomic E-state index is -0.170. The minimum Gasteiger partial charge on any atom is -0.311 e. The number of fused-ring (bicyclic) bond motifs is 1. The number of imidazole rings is 1. The van der Waals surface area contributed by atoms with Gasteiger partial charge in [0, 0.05) is 25.7 Å². The lowest BCUT2D eigenvalue weighted by atomic mass is 10.3. The van der Waals surface area contributed by atoms with Crippen LogP contribution in [0.2, 0.25) is 0 Å². The van der Waals surface area contributed by atoms with Gasteiger partial charge in [-0.2, -0.15) is 5.10 Å². The summed E-state index contributed by atoms with van der Waals surface area (Å²) in [7, 11) is 1.86. The van der Waals surface area contributed by atoms with Crippen LogP contribution in [0, 0.1) is 6.92 Å². The number of alkyl halides is 1. The van der Waals surface area contributed by atoms with Crippen molar-refractivity contribution in [3.05, 3.63) is 35.8 Å². The van der Waals surface area contributed by atoms with Crippen LogP contribution in [-0.4, -0.2) is 29.3 Å². The first kappa shape index (κ1) is 14.0. The zero-order valence-electron chi connectivity index (χ0n) is 12.3. The van der Waals surface area contributed by atoms with Crippen LogP contribution >= 0.6 is 11.6 Å². The van der Waals surface area contributed by atoms with Gasteiger partial charge in [0.05, 0.1) is 5.38 Å². The van der Waals surface area contributed by atoms with Gasteiger partial charge in [0.1, 0.15) is 17.7 Å². The van der Waals surface area contributed by atoms with E-state index in [9.17, 15) is 0 Å². The van der Waals surface area contributed by atoms with Gasteiger partial charge in [0.2, 0.25) is 0 Å². The summed E-state index contributed by atoms with van der Waals surface area (Å²) < 4.78 is 3.77. The van der Waals surface area contributed by atoms with Crippen molar-refractivity contribution in [1.29, 1.82) is 0 Å². The van der Waals surface area contributed by atoms with Crippen molar-refractivity contribution >= 4 is 22.8 Å². The molecule has 0 N–H and O–H groups in total. The summed E-state index contributed by atoms with van der Waals surface area (Å²) in [5, 5.41) is 4.13. The number of halogens is 1. The standard InChI is InChI=1S/C14H17ClN6/c1-9-4-5-11-14(17-9)21(13(18-11)10(2)15)7-6-12-16-8-20(3)19-12/h4-5,8,10H,6-7H2,1-3H3. The molecule has 0 aliphatic rings. The molecule has 0 saturated carbocycles. The fourth-order valence-electron chi connectivity index (χ4n) is 2.35. The van der Waals surface area contributed by atoms with Crippen LogP contribution in [0.25, 0.3) is 11.2 Å². The molecule has 0 spiro atoms. The van der Waals surface area contributed by atoms with Crippen molar-refractivity contribution in [2.45, 2.75) is 32.2 Å². The summed E-state index contributed by atoms with van der Waals surface area (Å²) in [5.74, 6) is 1.64. The Kier molecular flexibility index (Phi) is 3.63. The van der Waals surface area contributed by atoms with Gasteiger partial charge < -0.3 is 4.57 Å². The van der Waals surface area contributed by atoms with Crippen molar-refractivity contribution in [3.63, 3.8) is 0 Å². The van der Waals surface area contributed by atoms with Crippen molar-refractivity contribution < 1.29 is 0 Å². The predicted octanol–water partition coefficient (Wildman–Crippen LogP) is 2.41. The van der Waals surface area contributed by atoms with Gasteiger partial charge >= 0.3 is 0 Å². The first-order valence-corrected chi connectivity index (χ1v) is 7.30. The quantitative estimate of drug-likeness (QED) is 0.694. The second-order valence-electron chi connectivity index (χ2n) is 5.12. The molecule has 0 bridgehead atoms. The molecule has 21 heavy (non-hydrogen) atoms. The summed E-state index contributed by atoms with van der Waals surface area (Å²) in [6.45, 7) is 4.61. The van der Waals surface area contributed by atoms with E-state index in [4.69, 9.17) is 11.6 Å². The van der Waals surface area contributed by atoms with E-state index in [1.807, 2.05) is 33.0 Å². The normalized spacial score (nSPS) is 13.0. The summed E-state index contributed by atoms with van der Waals surface area (Å²) in [6.07, 6.45) is 2.42. The Balaban J connectivity index is 1.98. The molecule has 1 unspecified atom stereocenters. The minimum absolute atomic E-state index is 0.170. The Morgan fingerprint density at radius 3 is 2.76 bits per heavy atom. The molecule has 0 aromatic carbocycles. The van der Waals surface area contributed by atoms with Crippen LogP contribution in [-0.2, 0) is 20.0 Å². The van der Waals surface area contributed by atoms with E-state index in [0.29, 0.717) is 6.54 Å². The fourth-order valence-corrected chi connectivity index (χ4v) is 2.51. The first-order valence-electron chi connectivity index (χ1n) is 6.87. The van der Waals surface area contributed by atoms with Gasteiger partial charge in [-0.05, 0) is 26.0 Å². The highest BCUT2D eigenvalue weighted by Gasteiger charge is 2.16. The number of hydrogen-bond donors (Lipinski definition) is 0. The number of hydrogen-bond acceptors (Lipinski definition) is 4. The molecule has 0 amide bonds. The number of nitrogens with zero attached hydrogens (tertiary/aromatic N) is 6. The first-order chi connectivity index (χ1) is 10.0. The van der Waals surface area contributed by atoms with Gasteiger partial charge in [-0.1, -0.05) is 0 Å². The molecular formula is C14H17ClN6. The van der Waals surface area contributed by atoms with E-state index < -0.39 is 0 Å². The summed E-state index contributed by atoms with van der Waals surface area (Å²) in [6, 6.07) is 3.94. The van der Waals surface area contributed by atoms with Gasteiger partial charge in [-0.3, -0.25) is 4.68 Å². The van der Waals surface area contributed by atoms with E-state index in [1.165, 1.54) is 0 Å². The van der Waals surface area contributed by atoms with E-state index in [2.05, 4.69) is 24.6 Å². The summed E-state index contributed by atoms with van der Waals surface area (Å²) in [4.78, 5) is 13.4. The molecule has 0 saturated heterocycles. The average Bonchev–Trinajstić information content (AvgIpc) is 3.00. The summed E-state index contributed by atoms with van der Waals surface area (Å²) in [5.41, 5.74) is 2.71. The largest absolute Gasteiger partial charge is 0.311 e. The van der Waals surface area contributed by atoms with Crippen LogP contribution in [0.5, 0.6) is 0 Å². The van der Waals surface area contributed by atoms with Crippen LogP contribution in [0.4, 0.5) is 0 Å². The zero-order valence-corrected chi connectivity index (χ0v) is 13.0. The monoisotopic (exact) mass is 304 g/mol. The Bertz CT molecular complexity index is 773. The molecule has 3 aromatic rings. The maximum absolute atomic E-state index is 6.26. The van der Waals surface area contributed by atoms with E-state index >= 15 is 0 Å². The third-order valence-electron chi connectivity index (χ3n) is 3.32. The number of pyridine rings is 1. The molecule has 3 heterocycles. The van der Waals surface area contributed by atoms with Crippen LogP contribution in [0.3, 0.4) is 0 Å². The number of aromatic nitrogens is 6. The molecule has 3 aromatic heterocycles. The van der Waals surface area contributed by atoms with Gasteiger partial charge in [0.25, 0.3) is 0 Å². The SMILES string of the molecule is Cc1ccc2nc(C(C)Cl)n(CCc3ncn(C)n3)c2n1. The lowest BCUT2D eigenvalue weighted by Crippen LogP contribution is -2.08. The fraction of sp³-hybridized carbons (Fsp3) is 0.429. The molecule has 3 rings (SSSR count). The van der Waals surface area contributed by atoms with E-state index in [-0.39, 0.29) is 5.38 Å². The highest BCUT2D eigenvalue weighted by molar-refractivity contribution is 6.20. The smallest absolute Gasteiger partial charge is 0.160 e.